The van der Waals surface area contributed by atoms with Crippen LogP contribution in [0.25, 0.3) is 16.5 Å². The number of Topliss-reactive ketones (excluding diaryl/α,β-unsaturated/α-hetero) is 1. The lowest BCUT2D eigenvalue weighted by atomic mass is 10.0. The molecule has 1 unspecified atom stereocenters. The normalized spacial score (nSPS) is 14.2. The van der Waals surface area contributed by atoms with Crippen LogP contribution in [0.3, 0.4) is 0 Å². The van der Waals surface area contributed by atoms with Crippen molar-refractivity contribution >= 4 is 22.3 Å². The maximum atomic E-state index is 12.2. The first kappa shape index (κ1) is 17.2. The van der Waals surface area contributed by atoms with Gasteiger partial charge in [0.2, 0.25) is 0 Å². The first-order valence-corrected chi connectivity index (χ1v) is 7.79. The van der Waals surface area contributed by atoms with Crippen molar-refractivity contribution in [2.75, 3.05) is 20.6 Å². The van der Waals surface area contributed by atoms with Gasteiger partial charge in [0.25, 0.3) is 0 Å². The number of likely N-dealkylation sites (N-methyl/N-ethyl adjacent to an activating group) is 1. The molecule has 0 fully saturated rings. The fourth-order valence-corrected chi connectivity index (χ4v) is 2.85. The van der Waals surface area contributed by atoms with E-state index < -0.39 is 6.23 Å². The second-order valence-corrected chi connectivity index (χ2v) is 6.01. The number of carbonyl (C=O) groups is 1. The Labute approximate surface area is 137 Å². The van der Waals surface area contributed by atoms with Crippen LogP contribution in [0.1, 0.15) is 32.2 Å². The lowest BCUT2D eigenvalue weighted by Gasteiger charge is -2.22. The maximum Gasteiger partial charge on any atom is 0.163 e. The molecule has 1 heterocycles. The Balaban J connectivity index is 2.74. The molecule has 0 aliphatic carbocycles. The SMILES string of the molecule is CC/C(N)=C(/C(C)=O)c1cc2ccccc2n1C(O)CN(C)C. The Kier molecular flexibility index (Phi) is 5.23. The number of benzene rings is 1. The molecule has 0 aliphatic rings. The summed E-state index contributed by atoms with van der Waals surface area (Å²) >= 11 is 0. The molecule has 2 aromatic rings. The van der Waals surface area contributed by atoms with Crippen molar-refractivity contribution in [3.05, 3.63) is 41.7 Å². The summed E-state index contributed by atoms with van der Waals surface area (Å²) in [4.78, 5) is 14.1. The molecule has 0 bridgehead atoms. The number of hydrogen-bond donors (Lipinski definition) is 2. The highest BCUT2D eigenvalue weighted by Gasteiger charge is 2.22. The summed E-state index contributed by atoms with van der Waals surface area (Å²) in [6.45, 7) is 3.88. The summed E-state index contributed by atoms with van der Waals surface area (Å²) in [6.07, 6.45) is -0.181. The summed E-state index contributed by atoms with van der Waals surface area (Å²) in [6, 6.07) is 9.70. The highest BCUT2D eigenvalue weighted by molar-refractivity contribution is 6.20. The number of fused-ring (bicyclic) bond motifs is 1. The molecule has 1 atom stereocenters. The molecule has 3 N–H and O–H groups in total. The molecule has 5 heteroatoms. The third-order valence-corrected chi connectivity index (χ3v) is 3.88. The predicted octanol–water partition coefficient (Wildman–Crippen LogP) is 2.36. The Hall–Kier alpha value is -2.11. The van der Waals surface area contributed by atoms with E-state index in [9.17, 15) is 9.90 Å². The van der Waals surface area contributed by atoms with E-state index in [0.29, 0.717) is 29.9 Å². The van der Waals surface area contributed by atoms with Crippen molar-refractivity contribution in [3.63, 3.8) is 0 Å². The summed E-state index contributed by atoms with van der Waals surface area (Å²) < 4.78 is 1.80. The predicted molar refractivity (Wildman–Crippen MR) is 93.8 cm³/mol. The van der Waals surface area contributed by atoms with Crippen LogP contribution in [0, 0.1) is 0 Å². The van der Waals surface area contributed by atoms with Gasteiger partial charge >= 0.3 is 0 Å². The molecule has 0 saturated heterocycles. The molecule has 124 valence electrons. The van der Waals surface area contributed by atoms with Crippen molar-refractivity contribution in [2.45, 2.75) is 26.5 Å². The van der Waals surface area contributed by atoms with Gasteiger partial charge in [0.1, 0.15) is 6.23 Å². The van der Waals surface area contributed by atoms with Crippen LogP contribution in [-0.4, -0.2) is 41.0 Å². The number of aliphatic hydroxyl groups is 1. The van der Waals surface area contributed by atoms with Gasteiger partial charge in [-0.05, 0) is 39.6 Å². The van der Waals surface area contributed by atoms with E-state index >= 15 is 0 Å². The molecular formula is C18H25N3O2. The minimum atomic E-state index is -0.765. The minimum Gasteiger partial charge on any atom is -0.401 e. The molecule has 1 aromatic heterocycles. The summed E-state index contributed by atoms with van der Waals surface area (Å²) in [5.41, 5.74) is 8.69. The number of ketones is 1. The van der Waals surface area contributed by atoms with E-state index in [1.807, 2.05) is 56.3 Å². The molecule has 0 saturated carbocycles. The van der Waals surface area contributed by atoms with Crippen LogP contribution in [0.15, 0.2) is 36.0 Å². The molecule has 0 radical (unpaired) electrons. The number of carbonyl (C=O) groups excluding carboxylic acids is 1. The quantitative estimate of drug-likeness (QED) is 0.803. The average Bonchev–Trinajstić information content (AvgIpc) is 2.84. The van der Waals surface area contributed by atoms with Gasteiger partial charge in [0.15, 0.2) is 5.78 Å². The van der Waals surface area contributed by atoms with Gasteiger partial charge in [-0.2, -0.15) is 0 Å². The maximum absolute atomic E-state index is 12.2. The molecule has 0 aliphatic heterocycles. The number of para-hydroxylation sites is 1. The highest BCUT2D eigenvalue weighted by atomic mass is 16.3. The highest BCUT2D eigenvalue weighted by Crippen LogP contribution is 2.30. The summed E-state index contributed by atoms with van der Waals surface area (Å²) in [5, 5.41) is 11.7. The standard InChI is InChI=1S/C18H25N3O2/c1-5-14(19)18(12(2)22)16-10-13-8-6-7-9-15(13)21(16)17(23)11-20(3)4/h6-10,17,23H,5,11,19H2,1-4H3/b18-14+. The van der Waals surface area contributed by atoms with Crippen LogP contribution in [-0.2, 0) is 4.79 Å². The number of nitrogens with two attached hydrogens (primary N) is 1. The summed E-state index contributed by atoms with van der Waals surface area (Å²) in [5.74, 6) is -0.0922. The molecule has 0 spiro atoms. The molecule has 2 rings (SSSR count). The lowest BCUT2D eigenvalue weighted by Crippen LogP contribution is -2.26. The zero-order valence-electron chi connectivity index (χ0n) is 14.2. The first-order chi connectivity index (χ1) is 10.9. The van der Waals surface area contributed by atoms with E-state index in [-0.39, 0.29) is 5.78 Å². The van der Waals surface area contributed by atoms with Crippen LogP contribution >= 0.6 is 0 Å². The minimum absolute atomic E-state index is 0.0922. The zero-order chi connectivity index (χ0) is 17.1. The number of allylic oxidation sites excluding steroid dienone is 2. The van der Waals surface area contributed by atoms with E-state index in [2.05, 4.69) is 0 Å². The molecule has 1 aromatic carbocycles. The van der Waals surface area contributed by atoms with Gasteiger partial charge in [-0.25, -0.2) is 0 Å². The van der Waals surface area contributed by atoms with Gasteiger partial charge < -0.3 is 20.3 Å². The van der Waals surface area contributed by atoms with Crippen molar-refractivity contribution in [2.24, 2.45) is 5.73 Å². The zero-order valence-corrected chi connectivity index (χ0v) is 14.2. The van der Waals surface area contributed by atoms with E-state index in [4.69, 9.17) is 5.73 Å². The van der Waals surface area contributed by atoms with Gasteiger partial charge in [0, 0.05) is 17.6 Å². The van der Waals surface area contributed by atoms with Crippen molar-refractivity contribution in [1.29, 1.82) is 0 Å². The molecule has 5 nitrogen and oxygen atoms in total. The van der Waals surface area contributed by atoms with Gasteiger partial charge in [-0.1, -0.05) is 25.1 Å². The Bertz CT molecular complexity index is 744. The number of rotatable bonds is 6. The van der Waals surface area contributed by atoms with E-state index in [1.165, 1.54) is 6.92 Å². The molecule has 0 amide bonds. The Morgan fingerprint density at radius 1 is 1.35 bits per heavy atom. The second kappa shape index (κ2) is 6.98. The monoisotopic (exact) mass is 315 g/mol. The third kappa shape index (κ3) is 3.46. The number of hydrogen-bond acceptors (Lipinski definition) is 4. The Morgan fingerprint density at radius 3 is 2.57 bits per heavy atom. The Morgan fingerprint density at radius 2 is 2.00 bits per heavy atom. The van der Waals surface area contributed by atoms with Crippen LogP contribution in [0.2, 0.25) is 0 Å². The molecular weight excluding hydrogens is 290 g/mol. The smallest absolute Gasteiger partial charge is 0.163 e. The summed E-state index contributed by atoms with van der Waals surface area (Å²) in [7, 11) is 3.80. The van der Waals surface area contributed by atoms with Crippen molar-refractivity contribution < 1.29 is 9.90 Å². The number of aliphatic hydroxyl groups excluding tert-OH is 1. The van der Waals surface area contributed by atoms with Crippen LogP contribution in [0.4, 0.5) is 0 Å². The van der Waals surface area contributed by atoms with Crippen molar-refractivity contribution in [3.8, 4) is 0 Å². The first-order valence-electron chi connectivity index (χ1n) is 7.79. The van der Waals surface area contributed by atoms with Crippen LogP contribution < -0.4 is 5.73 Å². The number of nitrogens with zero attached hydrogens (tertiary/aromatic N) is 2. The van der Waals surface area contributed by atoms with Crippen LogP contribution in [0.5, 0.6) is 0 Å². The fourth-order valence-electron chi connectivity index (χ4n) is 2.85. The van der Waals surface area contributed by atoms with E-state index in [1.54, 1.807) is 4.57 Å². The van der Waals surface area contributed by atoms with Gasteiger partial charge in [0.05, 0.1) is 16.8 Å². The lowest BCUT2D eigenvalue weighted by molar-refractivity contribution is -0.111. The topological polar surface area (TPSA) is 71.5 Å². The largest absolute Gasteiger partial charge is 0.401 e. The number of aromatic nitrogens is 1. The average molecular weight is 315 g/mol. The van der Waals surface area contributed by atoms with Gasteiger partial charge in [-0.15, -0.1) is 0 Å². The fraction of sp³-hybridized carbons (Fsp3) is 0.389. The van der Waals surface area contributed by atoms with Crippen molar-refractivity contribution in [1.82, 2.24) is 9.47 Å². The van der Waals surface area contributed by atoms with Gasteiger partial charge in [-0.3, -0.25) is 4.79 Å². The second-order valence-electron chi connectivity index (χ2n) is 6.01. The van der Waals surface area contributed by atoms with E-state index in [0.717, 1.165) is 10.9 Å². The third-order valence-electron chi connectivity index (χ3n) is 3.88. The molecule has 23 heavy (non-hydrogen) atoms.